The molecule has 1 heterocycles. The minimum Gasteiger partial charge on any atom is -0.497 e. The molecule has 0 radical (unpaired) electrons. The molecular weight excluding hydrogens is 238 g/mol. The number of benzene rings is 1. The Hall–Kier alpha value is -1.06. The molecule has 0 bridgehead atoms. The van der Waals surface area contributed by atoms with E-state index in [1.165, 1.54) is 5.56 Å². The van der Waals surface area contributed by atoms with Crippen LogP contribution in [0.1, 0.15) is 31.7 Å². The Bertz CT molecular complexity index is 421. The minimum absolute atomic E-state index is 0.181. The molecule has 0 amide bonds. The van der Waals surface area contributed by atoms with Crippen molar-refractivity contribution in [3.63, 3.8) is 0 Å². The Labute approximate surface area is 116 Å². The number of methoxy groups -OCH3 is 1. The summed E-state index contributed by atoms with van der Waals surface area (Å²) in [6.07, 6.45) is 2.58. The van der Waals surface area contributed by atoms with Gasteiger partial charge < -0.3 is 14.7 Å². The number of rotatable bonds is 3. The zero-order chi connectivity index (χ0) is 13.9. The molecule has 2 rings (SSSR count). The predicted molar refractivity (Wildman–Crippen MR) is 77.7 cm³/mol. The molecule has 1 aromatic carbocycles. The van der Waals surface area contributed by atoms with Crippen molar-refractivity contribution in [2.45, 2.75) is 37.7 Å². The number of aliphatic hydroxyl groups is 1. The zero-order valence-corrected chi connectivity index (χ0v) is 12.2. The Balaban J connectivity index is 2.43. The molecule has 0 unspecified atom stereocenters. The number of likely N-dealkylation sites (N-methyl/N-ethyl adjacent to an activating group) is 1. The van der Waals surface area contributed by atoms with Gasteiger partial charge in [0.25, 0.3) is 0 Å². The molecule has 3 heteroatoms. The van der Waals surface area contributed by atoms with E-state index in [1.54, 1.807) is 7.11 Å². The Morgan fingerprint density at radius 2 is 2.26 bits per heavy atom. The highest BCUT2D eigenvalue weighted by molar-refractivity contribution is 5.35. The monoisotopic (exact) mass is 263 g/mol. The van der Waals surface area contributed by atoms with Crippen LogP contribution in [-0.2, 0) is 5.41 Å². The van der Waals surface area contributed by atoms with E-state index >= 15 is 0 Å². The lowest BCUT2D eigenvalue weighted by Gasteiger charge is -2.38. The summed E-state index contributed by atoms with van der Waals surface area (Å²) in [6, 6.07) is 8.17. The Morgan fingerprint density at radius 1 is 1.47 bits per heavy atom. The van der Waals surface area contributed by atoms with Crippen molar-refractivity contribution < 1.29 is 9.84 Å². The van der Waals surface area contributed by atoms with E-state index < -0.39 is 0 Å². The maximum absolute atomic E-state index is 10.7. The van der Waals surface area contributed by atoms with Gasteiger partial charge in [0.15, 0.2) is 0 Å². The molecule has 0 aromatic heterocycles. The first kappa shape index (κ1) is 14.4. The van der Waals surface area contributed by atoms with Gasteiger partial charge >= 0.3 is 0 Å². The maximum atomic E-state index is 10.7. The minimum atomic E-state index is -0.283. The average molecular weight is 263 g/mol. The molecule has 0 saturated carbocycles. The molecule has 1 fully saturated rings. The summed E-state index contributed by atoms with van der Waals surface area (Å²) in [5.74, 6) is 0.865. The van der Waals surface area contributed by atoms with Crippen LogP contribution in [0.2, 0.25) is 0 Å². The second-order valence-corrected chi connectivity index (χ2v) is 5.64. The first-order valence-electron chi connectivity index (χ1n) is 7.13. The van der Waals surface area contributed by atoms with Crippen LogP contribution < -0.4 is 4.74 Å². The van der Waals surface area contributed by atoms with Crippen LogP contribution in [0.25, 0.3) is 0 Å². The summed E-state index contributed by atoms with van der Waals surface area (Å²) in [7, 11) is 3.83. The van der Waals surface area contributed by atoms with Crippen LogP contribution in [0, 0.1) is 0 Å². The van der Waals surface area contributed by atoms with Crippen molar-refractivity contribution >= 4 is 0 Å². The second-order valence-electron chi connectivity index (χ2n) is 5.64. The number of likely N-dealkylation sites (tertiary alicyclic amines) is 1. The highest BCUT2D eigenvalue weighted by Crippen LogP contribution is 2.37. The third kappa shape index (κ3) is 2.77. The van der Waals surface area contributed by atoms with Crippen LogP contribution in [-0.4, -0.2) is 43.4 Å². The maximum Gasteiger partial charge on any atom is 0.119 e. The molecule has 106 valence electrons. The Kier molecular flexibility index (Phi) is 4.48. The third-order valence-electron chi connectivity index (χ3n) is 4.48. The van der Waals surface area contributed by atoms with Crippen molar-refractivity contribution in [2.24, 2.45) is 0 Å². The van der Waals surface area contributed by atoms with E-state index in [0.29, 0.717) is 0 Å². The van der Waals surface area contributed by atoms with Crippen molar-refractivity contribution in [2.75, 3.05) is 27.2 Å². The van der Waals surface area contributed by atoms with Crippen molar-refractivity contribution in [3.05, 3.63) is 29.8 Å². The topological polar surface area (TPSA) is 32.7 Å². The summed E-state index contributed by atoms with van der Waals surface area (Å²) < 4.78 is 5.33. The molecular formula is C16H25NO2. The molecule has 2 atom stereocenters. The van der Waals surface area contributed by atoms with Gasteiger partial charge in [-0.25, -0.2) is 0 Å². The summed E-state index contributed by atoms with van der Waals surface area (Å²) >= 11 is 0. The number of hydrogen-bond donors (Lipinski definition) is 1. The van der Waals surface area contributed by atoms with Gasteiger partial charge in [-0.3, -0.25) is 0 Å². The lowest BCUT2D eigenvalue weighted by atomic mass is 9.72. The van der Waals surface area contributed by atoms with E-state index in [4.69, 9.17) is 4.74 Å². The summed E-state index contributed by atoms with van der Waals surface area (Å²) in [5, 5.41) is 10.7. The second kappa shape index (κ2) is 5.93. The summed E-state index contributed by atoms with van der Waals surface area (Å²) in [5.41, 5.74) is 1.01. The fourth-order valence-electron chi connectivity index (χ4n) is 3.26. The number of ether oxygens (including phenoxy) is 1. The molecule has 1 aliphatic rings. The molecule has 1 saturated heterocycles. The summed E-state index contributed by atoms with van der Waals surface area (Å²) in [6.45, 7) is 4.13. The van der Waals surface area contributed by atoms with Gasteiger partial charge in [-0.1, -0.05) is 19.1 Å². The number of aliphatic hydroxyl groups excluding tert-OH is 1. The quantitative estimate of drug-likeness (QED) is 0.909. The van der Waals surface area contributed by atoms with Gasteiger partial charge in [0.1, 0.15) is 5.75 Å². The lowest BCUT2D eigenvalue weighted by Crippen LogP contribution is -2.45. The van der Waals surface area contributed by atoms with Crippen LogP contribution in [0.4, 0.5) is 0 Å². The molecule has 3 nitrogen and oxygen atoms in total. The van der Waals surface area contributed by atoms with Crippen LogP contribution in [0.5, 0.6) is 5.75 Å². The average Bonchev–Trinajstić information content (AvgIpc) is 2.58. The molecule has 1 aliphatic heterocycles. The Morgan fingerprint density at radius 3 is 2.95 bits per heavy atom. The molecule has 1 N–H and O–H groups in total. The van der Waals surface area contributed by atoms with Gasteiger partial charge in [-0.15, -0.1) is 0 Å². The smallest absolute Gasteiger partial charge is 0.119 e. The van der Waals surface area contributed by atoms with Crippen molar-refractivity contribution in [1.82, 2.24) is 4.90 Å². The molecule has 0 spiro atoms. The number of hydrogen-bond acceptors (Lipinski definition) is 3. The first-order valence-corrected chi connectivity index (χ1v) is 7.13. The molecule has 1 aromatic rings. The standard InChI is InChI=1S/C16H25NO2/c1-4-16(12-17(2)10-6-9-15(16)18)13-7-5-8-14(11-13)19-3/h5,7-8,11,15,18H,4,6,9-10,12H2,1-3H3/t15-,16+/m0/s1. The van der Waals surface area contributed by atoms with Crippen LogP contribution in [0.15, 0.2) is 24.3 Å². The van der Waals surface area contributed by atoms with E-state index in [2.05, 4.69) is 31.0 Å². The van der Waals surface area contributed by atoms with Crippen LogP contribution in [0.3, 0.4) is 0 Å². The third-order valence-corrected chi connectivity index (χ3v) is 4.48. The zero-order valence-electron chi connectivity index (χ0n) is 12.2. The highest BCUT2D eigenvalue weighted by atomic mass is 16.5. The lowest BCUT2D eigenvalue weighted by molar-refractivity contribution is 0.0652. The first-order chi connectivity index (χ1) is 9.12. The van der Waals surface area contributed by atoms with Gasteiger partial charge in [0, 0.05) is 12.0 Å². The fourth-order valence-corrected chi connectivity index (χ4v) is 3.26. The van der Waals surface area contributed by atoms with E-state index in [-0.39, 0.29) is 11.5 Å². The van der Waals surface area contributed by atoms with Gasteiger partial charge in [0.05, 0.1) is 13.2 Å². The van der Waals surface area contributed by atoms with Crippen molar-refractivity contribution in [1.29, 1.82) is 0 Å². The van der Waals surface area contributed by atoms with E-state index in [0.717, 1.165) is 38.1 Å². The van der Waals surface area contributed by atoms with Gasteiger partial charge in [-0.05, 0) is 50.6 Å². The number of nitrogens with zero attached hydrogens (tertiary/aromatic N) is 1. The van der Waals surface area contributed by atoms with Crippen LogP contribution >= 0.6 is 0 Å². The van der Waals surface area contributed by atoms with Crippen molar-refractivity contribution in [3.8, 4) is 5.75 Å². The van der Waals surface area contributed by atoms with Gasteiger partial charge in [0.2, 0.25) is 0 Å². The SMILES string of the molecule is CC[C@]1(c2cccc(OC)c2)CN(C)CCC[C@@H]1O. The normalized spacial score (nSPS) is 28.9. The largest absolute Gasteiger partial charge is 0.497 e. The van der Waals surface area contributed by atoms with Gasteiger partial charge in [-0.2, -0.15) is 0 Å². The van der Waals surface area contributed by atoms with E-state index in [1.807, 2.05) is 12.1 Å². The molecule has 0 aliphatic carbocycles. The fraction of sp³-hybridized carbons (Fsp3) is 0.625. The highest BCUT2D eigenvalue weighted by Gasteiger charge is 2.40. The summed E-state index contributed by atoms with van der Waals surface area (Å²) in [4.78, 5) is 2.33. The van der Waals surface area contributed by atoms with E-state index in [9.17, 15) is 5.11 Å². The molecule has 19 heavy (non-hydrogen) atoms. The predicted octanol–water partition coefficient (Wildman–Crippen LogP) is 2.43.